The van der Waals surface area contributed by atoms with E-state index in [0.29, 0.717) is 12.5 Å². The number of guanidine groups is 1. The summed E-state index contributed by atoms with van der Waals surface area (Å²) >= 11 is 0. The maximum Gasteiger partial charge on any atom is 0.196 e. The van der Waals surface area contributed by atoms with Crippen molar-refractivity contribution in [1.82, 2.24) is 9.55 Å². The number of aromatic nitrogens is 2. The van der Waals surface area contributed by atoms with E-state index in [2.05, 4.69) is 45.4 Å². The molecule has 0 bridgehead atoms. The van der Waals surface area contributed by atoms with E-state index >= 15 is 0 Å². The van der Waals surface area contributed by atoms with Gasteiger partial charge in [0.05, 0.1) is 30.8 Å². The van der Waals surface area contributed by atoms with E-state index in [1.807, 2.05) is 24.7 Å². The Hall–Kier alpha value is -2.30. The van der Waals surface area contributed by atoms with E-state index in [0.717, 1.165) is 17.9 Å². The average molecular weight is 269 g/mol. The van der Waals surface area contributed by atoms with Crippen molar-refractivity contribution < 1.29 is 0 Å². The minimum atomic E-state index is 0.124. The molecule has 1 aliphatic rings. The third kappa shape index (κ3) is 1.95. The Balaban J connectivity index is 2.03. The number of rotatable bonds is 3. The summed E-state index contributed by atoms with van der Waals surface area (Å²) in [5.41, 5.74) is 9.57. The molecule has 0 saturated carbocycles. The highest BCUT2D eigenvalue weighted by molar-refractivity contribution is 5.98. The summed E-state index contributed by atoms with van der Waals surface area (Å²) in [6.45, 7) is 5.77. The highest BCUT2D eigenvalue weighted by atomic mass is 15.3. The summed E-state index contributed by atoms with van der Waals surface area (Å²) in [6.07, 6.45) is 3.77. The van der Waals surface area contributed by atoms with Crippen molar-refractivity contribution in [2.24, 2.45) is 10.7 Å². The summed E-state index contributed by atoms with van der Waals surface area (Å²) in [7, 11) is 0. The van der Waals surface area contributed by atoms with Gasteiger partial charge in [-0.15, -0.1) is 0 Å². The highest BCUT2D eigenvalue weighted by Crippen LogP contribution is 2.32. The lowest BCUT2D eigenvalue weighted by Gasteiger charge is -2.28. The number of aliphatic imine (C=N–C) groups is 1. The largest absolute Gasteiger partial charge is 0.369 e. The van der Waals surface area contributed by atoms with Crippen LogP contribution in [0.2, 0.25) is 0 Å². The van der Waals surface area contributed by atoms with E-state index in [4.69, 9.17) is 5.73 Å². The lowest BCUT2D eigenvalue weighted by molar-refractivity contribution is 0.643. The first-order valence-corrected chi connectivity index (χ1v) is 6.87. The van der Waals surface area contributed by atoms with Gasteiger partial charge in [0, 0.05) is 12.2 Å². The van der Waals surface area contributed by atoms with Gasteiger partial charge in [-0.1, -0.05) is 18.2 Å². The molecule has 2 heterocycles. The fourth-order valence-corrected chi connectivity index (χ4v) is 2.72. The van der Waals surface area contributed by atoms with E-state index in [-0.39, 0.29) is 6.04 Å². The molecule has 20 heavy (non-hydrogen) atoms. The van der Waals surface area contributed by atoms with E-state index in [1.54, 1.807) is 0 Å². The summed E-state index contributed by atoms with van der Waals surface area (Å²) in [5.74, 6) is 0.577. The summed E-state index contributed by atoms with van der Waals surface area (Å²) in [5, 5.41) is 0. The number of aryl methyl sites for hydroxylation is 2. The molecule has 5 heteroatoms. The minimum Gasteiger partial charge on any atom is -0.369 e. The number of nitrogens with two attached hydrogens (primary N) is 1. The lowest BCUT2D eigenvalue weighted by Crippen LogP contribution is -2.37. The fraction of sp³-hybridized carbons (Fsp3) is 0.333. The average Bonchev–Trinajstić information content (AvgIpc) is 3.05. The third-order valence-electron chi connectivity index (χ3n) is 3.79. The van der Waals surface area contributed by atoms with Crippen molar-refractivity contribution in [3.05, 3.63) is 48.0 Å². The summed E-state index contributed by atoms with van der Waals surface area (Å²) in [4.78, 5) is 10.8. The monoisotopic (exact) mass is 269 g/mol. The number of anilines is 1. The van der Waals surface area contributed by atoms with E-state index in [9.17, 15) is 0 Å². The zero-order chi connectivity index (χ0) is 14.1. The highest BCUT2D eigenvalue weighted by Gasteiger charge is 2.31. The Bertz CT molecular complexity index is 643. The van der Waals surface area contributed by atoms with Gasteiger partial charge < -0.3 is 15.2 Å². The summed E-state index contributed by atoms with van der Waals surface area (Å²) in [6, 6.07) is 8.37. The number of para-hydroxylation sites is 1. The van der Waals surface area contributed by atoms with Crippen LogP contribution in [0.15, 0.2) is 41.8 Å². The van der Waals surface area contributed by atoms with Crippen LogP contribution >= 0.6 is 0 Å². The number of imidazole rings is 1. The molecule has 1 aromatic carbocycles. The number of nitrogens with zero attached hydrogens (tertiary/aromatic N) is 4. The van der Waals surface area contributed by atoms with Crippen molar-refractivity contribution in [2.75, 3.05) is 11.4 Å². The van der Waals surface area contributed by atoms with Gasteiger partial charge in [0.25, 0.3) is 0 Å². The molecule has 3 rings (SSSR count). The number of benzene rings is 1. The standard InChI is InChI=1S/C15H19N5/c1-3-19-10-17-8-13(19)14-9-18-15(16)20(14)12-7-5-4-6-11(12)2/h4-8,10,14H,3,9H2,1-2H3,(H2,16,18). The number of hydrogen-bond donors (Lipinski definition) is 1. The first kappa shape index (κ1) is 12.7. The normalized spacial score (nSPS) is 18.4. The Labute approximate surface area is 118 Å². The Kier molecular flexibility index (Phi) is 3.18. The van der Waals surface area contributed by atoms with Crippen molar-refractivity contribution in [3.8, 4) is 0 Å². The van der Waals surface area contributed by atoms with Gasteiger partial charge >= 0.3 is 0 Å². The Morgan fingerprint density at radius 2 is 2.15 bits per heavy atom. The molecule has 0 spiro atoms. The van der Waals surface area contributed by atoms with Crippen LogP contribution in [0.3, 0.4) is 0 Å². The maximum absolute atomic E-state index is 6.11. The van der Waals surface area contributed by atoms with Crippen molar-refractivity contribution in [1.29, 1.82) is 0 Å². The first-order valence-electron chi connectivity index (χ1n) is 6.87. The van der Waals surface area contributed by atoms with Crippen LogP contribution in [0.5, 0.6) is 0 Å². The van der Waals surface area contributed by atoms with Gasteiger partial charge in [0.2, 0.25) is 0 Å². The first-order chi connectivity index (χ1) is 9.72. The van der Waals surface area contributed by atoms with Crippen molar-refractivity contribution in [3.63, 3.8) is 0 Å². The van der Waals surface area contributed by atoms with E-state index < -0.39 is 0 Å². The molecular formula is C15H19N5. The predicted octanol–water partition coefficient (Wildman–Crippen LogP) is 2.09. The molecule has 1 atom stereocenters. The molecule has 1 unspecified atom stereocenters. The molecule has 0 fully saturated rings. The van der Waals surface area contributed by atoms with Gasteiger partial charge in [0.1, 0.15) is 0 Å². The van der Waals surface area contributed by atoms with Crippen molar-refractivity contribution >= 4 is 11.6 Å². The second-order valence-electron chi connectivity index (χ2n) is 4.98. The van der Waals surface area contributed by atoms with Crippen LogP contribution in [-0.4, -0.2) is 22.1 Å². The quantitative estimate of drug-likeness (QED) is 0.928. The molecule has 0 aliphatic carbocycles. The molecule has 0 saturated heterocycles. The van der Waals surface area contributed by atoms with Crippen LogP contribution in [-0.2, 0) is 6.54 Å². The smallest absolute Gasteiger partial charge is 0.196 e. The van der Waals surface area contributed by atoms with Gasteiger partial charge in [-0.25, -0.2) is 4.98 Å². The van der Waals surface area contributed by atoms with Gasteiger partial charge in [-0.3, -0.25) is 4.99 Å². The minimum absolute atomic E-state index is 0.124. The molecular weight excluding hydrogens is 250 g/mol. The maximum atomic E-state index is 6.11. The molecule has 104 valence electrons. The van der Waals surface area contributed by atoms with E-state index in [1.165, 1.54) is 5.56 Å². The SMILES string of the molecule is CCn1cncc1C1CN=C(N)N1c1ccccc1C. The fourth-order valence-electron chi connectivity index (χ4n) is 2.72. The van der Waals surface area contributed by atoms with Crippen LogP contribution in [0.4, 0.5) is 5.69 Å². The van der Waals surface area contributed by atoms with Crippen molar-refractivity contribution in [2.45, 2.75) is 26.4 Å². The van der Waals surface area contributed by atoms with Crippen LogP contribution in [0.1, 0.15) is 24.2 Å². The Morgan fingerprint density at radius 1 is 1.35 bits per heavy atom. The van der Waals surface area contributed by atoms with Crippen LogP contribution < -0.4 is 10.6 Å². The zero-order valence-corrected chi connectivity index (χ0v) is 11.8. The molecule has 5 nitrogen and oxygen atoms in total. The topological polar surface area (TPSA) is 59.4 Å². The van der Waals surface area contributed by atoms with Gasteiger partial charge in [-0.2, -0.15) is 0 Å². The summed E-state index contributed by atoms with van der Waals surface area (Å²) < 4.78 is 2.14. The van der Waals surface area contributed by atoms with Gasteiger partial charge in [-0.05, 0) is 25.5 Å². The Morgan fingerprint density at radius 3 is 2.90 bits per heavy atom. The molecule has 0 radical (unpaired) electrons. The molecule has 2 aromatic rings. The predicted molar refractivity (Wildman–Crippen MR) is 80.8 cm³/mol. The second kappa shape index (κ2) is 5.00. The lowest BCUT2D eigenvalue weighted by atomic mass is 10.1. The second-order valence-corrected chi connectivity index (χ2v) is 4.98. The molecule has 0 amide bonds. The molecule has 1 aliphatic heterocycles. The molecule has 1 aromatic heterocycles. The van der Waals surface area contributed by atoms with Crippen LogP contribution in [0, 0.1) is 6.92 Å². The number of hydrogen-bond acceptors (Lipinski definition) is 4. The molecule has 2 N–H and O–H groups in total. The van der Waals surface area contributed by atoms with Gasteiger partial charge in [0.15, 0.2) is 5.96 Å². The zero-order valence-electron chi connectivity index (χ0n) is 11.8. The third-order valence-corrected chi connectivity index (χ3v) is 3.79. The van der Waals surface area contributed by atoms with Crippen LogP contribution in [0.25, 0.3) is 0 Å².